The number of aliphatic hydroxyl groups is 1. The van der Waals surface area contributed by atoms with E-state index >= 15 is 0 Å². The van der Waals surface area contributed by atoms with Crippen LogP contribution in [0.5, 0.6) is 0 Å². The number of hydrogen-bond donors (Lipinski definition) is 2. The molecule has 1 heterocycles. The molecule has 1 aliphatic heterocycles. The minimum atomic E-state index is -1.51. The smallest absolute Gasteiger partial charge is 0.250 e. The van der Waals surface area contributed by atoms with E-state index < -0.39 is 11.5 Å². The first-order valence-corrected chi connectivity index (χ1v) is 6.47. The van der Waals surface area contributed by atoms with Crippen LogP contribution >= 0.6 is 11.6 Å². The number of piperidine rings is 1. The molecule has 1 aromatic rings. The van der Waals surface area contributed by atoms with E-state index in [1.807, 2.05) is 4.90 Å². The highest BCUT2D eigenvalue weighted by Gasteiger charge is 2.38. The summed E-state index contributed by atoms with van der Waals surface area (Å²) in [6, 6.07) is 4.47. The third kappa shape index (κ3) is 3.23. The zero-order valence-electron chi connectivity index (χ0n) is 10.4. The van der Waals surface area contributed by atoms with Crippen LogP contribution in [0.3, 0.4) is 0 Å². The molecule has 0 aliphatic carbocycles. The highest BCUT2D eigenvalue weighted by atomic mass is 35.5. The van der Waals surface area contributed by atoms with Crippen LogP contribution in [-0.2, 0) is 11.3 Å². The number of carbonyl (C=O) groups excluding carboxylic acids is 1. The van der Waals surface area contributed by atoms with Gasteiger partial charge in [0, 0.05) is 23.7 Å². The minimum Gasteiger partial charge on any atom is -0.379 e. The molecule has 4 nitrogen and oxygen atoms in total. The molecule has 1 aromatic carbocycles. The molecule has 1 amide bonds. The first kappa shape index (κ1) is 14.2. The van der Waals surface area contributed by atoms with Gasteiger partial charge in [0.25, 0.3) is 5.91 Å². The molecule has 19 heavy (non-hydrogen) atoms. The number of rotatable bonds is 3. The maximum atomic E-state index is 13.7. The number of carbonyl (C=O) groups is 1. The van der Waals surface area contributed by atoms with E-state index in [1.165, 1.54) is 6.07 Å². The Balaban J connectivity index is 2.09. The van der Waals surface area contributed by atoms with Crippen molar-refractivity contribution in [2.45, 2.75) is 25.0 Å². The van der Waals surface area contributed by atoms with Crippen molar-refractivity contribution in [2.75, 3.05) is 13.1 Å². The molecule has 0 radical (unpaired) electrons. The highest BCUT2D eigenvalue weighted by molar-refractivity contribution is 6.30. The molecule has 1 atom stereocenters. The number of β-amino-alcohol motifs (C(OH)–C–C–N with tert-alkyl or cyclic N) is 1. The average molecular weight is 287 g/mol. The van der Waals surface area contributed by atoms with Gasteiger partial charge in [-0.05, 0) is 31.5 Å². The van der Waals surface area contributed by atoms with E-state index in [-0.39, 0.29) is 12.4 Å². The van der Waals surface area contributed by atoms with Crippen molar-refractivity contribution in [1.82, 2.24) is 4.90 Å². The molecule has 0 aromatic heterocycles. The zero-order valence-corrected chi connectivity index (χ0v) is 11.2. The summed E-state index contributed by atoms with van der Waals surface area (Å²) in [6.07, 6.45) is 0.997. The number of benzene rings is 1. The monoisotopic (exact) mass is 286 g/mol. The average Bonchev–Trinajstić information content (AvgIpc) is 2.33. The normalized spacial score (nSPS) is 24.4. The summed E-state index contributed by atoms with van der Waals surface area (Å²) >= 11 is 5.69. The van der Waals surface area contributed by atoms with E-state index in [4.69, 9.17) is 17.3 Å². The second kappa shape index (κ2) is 5.45. The maximum Gasteiger partial charge on any atom is 0.250 e. The third-order valence-electron chi connectivity index (χ3n) is 3.42. The standard InChI is InChI=1S/C13H16ClFN2O2/c14-10-3-2-9(11(15)6-10)7-17-5-1-4-13(19,8-17)12(16)18/h2-3,6,19H,1,4-5,7-8H2,(H2,16,18). The van der Waals surface area contributed by atoms with E-state index in [0.29, 0.717) is 36.5 Å². The number of halogens is 2. The van der Waals surface area contributed by atoms with E-state index in [9.17, 15) is 14.3 Å². The van der Waals surface area contributed by atoms with Crippen LogP contribution in [0.1, 0.15) is 18.4 Å². The molecule has 1 saturated heterocycles. The SMILES string of the molecule is NC(=O)C1(O)CCCN(Cc2ccc(Cl)cc2F)C1. The number of nitrogens with zero attached hydrogens (tertiary/aromatic N) is 1. The van der Waals surface area contributed by atoms with Crippen LogP contribution in [0.2, 0.25) is 5.02 Å². The lowest BCUT2D eigenvalue weighted by Gasteiger charge is -2.37. The lowest BCUT2D eigenvalue weighted by molar-refractivity contribution is -0.142. The van der Waals surface area contributed by atoms with Crippen LogP contribution in [0.15, 0.2) is 18.2 Å². The summed E-state index contributed by atoms with van der Waals surface area (Å²) in [5, 5.41) is 10.4. The molecule has 2 rings (SSSR count). The summed E-state index contributed by atoms with van der Waals surface area (Å²) < 4.78 is 13.7. The molecule has 1 fully saturated rings. The molecule has 0 saturated carbocycles. The Kier molecular flexibility index (Phi) is 4.08. The second-order valence-electron chi connectivity index (χ2n) is 4.95. The van der Waals surface area contributed by atoms with Gasteiger partial charge >= 0.3 is 0 Å². The van der Waals surface area contributed by atoms with Crippen molar-refractivity contribution in [3.8, 4) is 0 Å². The predicted molar refractivity (Wildman–Crippen MR) is 70.1 cm³/mol. The van der Waals surface area contributed by atoms with Gasteiger partial charge in [-0.15, -0.1) is 0 Å². The zero-order chi connectivity index (χ0) is 14.0. The second-order valence-corrected chi connectivity index (χ2v) is 5.38. The quantitative estimate of drug-likeness (QED) is 0.880. The number of likely N-dealkylation sites (tertiary alicyclic amines) is 1. The van der Waals surface area contributed by atoms with Gasteiger partial charge in [0.15, 0.2) is 5.60 Å². The van der Waals surface area contributed by atoms with Crippen molar-refractivity contribution >= 4 is 17.5 Å². The van der Waals surface area contributed by atoms with Gasteiger partial charge in [0.1, 0.15) is 5.82 Å². The largest absolute Gasteiger partial charge is 0.379 e. The lowest BCUT2D eigenvalue weighted by Crippen LogP contribution is -2.55. The molecule has 0 bridgehead atoms. The van der Waals surface area contributed by atoms with Crippen LogP contribution in [0.25, 0.3) is 0 Å². The molecule has 104 valence electrons. The molecule has 1 unspecified atom stereocenters. The van der Waals surface area contributed by atoms with Crippen molar-refractivity contribution in [2.24, 2.45) is 5.73 Å². The summed E-state index contributed by atoms with van der Waals surface area (Å²) in [7, 11) is 0. The summed E-state index contributed by atoms with van der Waals surface area (Å²) in [4.78, 5) is 13.1. The first-order valence-electron chi connectivity index (χ1n) is 6.09. The van der Waals surface area contributed by atoms with Crippen molar-refractivity contribution in [3.63, 3.8) is 0 Å². The fourth-order valence-corrected chi connectivity index (χ4v) is 2.51. The summed E-state index contributed by atoms with van der Waals surface area (Å²) in [6.45, 7) is 1.14. The topological polar surface area (TPSA) is 66.6 Å². The molecule has 0 spiro atoms. The predicted octanol–water partition coefficient (Wildman–Crippen LogP) is 1.29. The van der Waals surface area contributed by atoms with E-state index in [2.05, 4.69) is 0 Å². The van der Waals surface area contributed by atoms with Crippen molar-refractivity contribution in [1.29, 1.82) is 0 Å². The Labute approximate surface area is 116 Å². The summed E-state index contributed by atoms with van der Waals surface area (Å²) in [5.41, 5.74) is 4.17. The Morgan fingerprint density at radius 1 is 1.58 bits per heavy atom. The van der Waals surface area contributed by atoms with Gasteiger partial charge in [-0.3, -0.25) is 9.69 Å². The number of amides is 1. The molecule has 1 aliphatic rings. The van der Waals surface area contributed by atoms with Gasteiger partial charge in [0.2, 0.25) is 0 Å². The number of nitrogens with two attached hydrogens (primary N) is 1. The van der Waals surface area contributed by atoms with Gasteiger partial charge in [-0.1, -0.05) is 17.7 Å². The van der Waals surface area contributed by atoms with Gasteiger partial charge < -0.3 is 10.8 Å². The highest BCUT2D eigenvalue weighted by Crippen LogP contribution is 2.23. The lowest BCUT2D eigenvalue weighted by atomic mass is 9.92. The molecular formula is C13H16ClFN2O2. The Bertz CT molecular complexity index is 498. The number of hydrogen-bond acceptors (Lipinski definition) is 3. The Morgan fingerprint density at radius 2 is 2.32 bits per heavy atom. The van der Waals surface area contributed by atoms with Crippen molar-refractivity contribution in [3.05, 3.63) is 34.6 Å². The van der Waals surface area contributed by atoms with Gasteiger partial charge in [-0.25, -0.2) is 4.39 Å². The van der Waals surface area contributed by atoms with Crippen molar-refractivity contribution < 1.29 is 14.3 Å². The van der Waals surface area contributed by atoms with Gasteiger partial charge in [0.05, 0.1) is 0 Å². The first-order chi connectivity index (χ1) is 8.90. The molecule has 6 heteroatoms. The third-order valence-corrected chi connectivity index (χ3v) is 3.65. The van der Waals surface area contributed by atoms with E-state index in [0.717, 1.165) is 0 Å². The minimum absolute atomic E-state index is 0.129. The summed E-state index contributed by atoms with van der Waals surface area (Å²) in [5.74, 6) is -1.12. The maximum absolute atomic E-state index is 13.7. The van der Waals surface area contributed by atoms with Crippen LogP contribution in [-0.4, -0.2) is 34.6 Å². The van der Waals surface area contributed by atoms with E-state index in [1.54, 1.807) is 12.1 Å². The van der Waals surface area contributed by atoms with Crippen LogP contribution < -0.4 is 5.73 Å². The van der Waals surface area contributed by atoms with Gasteiger partial charge in [-0.2, -0.15) is 0 Å². The Hall–Kier alpha value is -1.17. The molecule has 3 N–H and O–H groups in total. The molecular weight excluding hydrogens is 271 g/mol. The number of primary amides is 1. The fraction of sp³-hybridized carbons (Fsp3) is 0.462. The Morgan fingerprint density at radius 3 is 2.95 bits per heavy atom. The van der Waals surface area contributed by atoms with Crippen LogP contribution in [0.4, 0.5) is 4.39 Å². The van der Waals surface area contributed by atoms with Crippen LogP contribution in [0, 0.1) is 5.82 Å². The fourth-order valence-electron chi connectivity index (χ4n) is 2.35.